The van der Waals surface area contributed by atoms with Crippen molar-refractivity contribution in [1.29, 1.82) is 0 Å². The zero-order chi connectivity index (χ0) is 20.0. The van der Waals surface area contributed by atoms with Crippen molar-refractivity contribution in [2.45, 2.75) is 35.3 Å². The molecule has 0 unspecified atom stereocenters. The highest BCUT2D eigenvalue weighted by atomic mass is 32.2. The molecule has 1 fully saturated rings. The van der Waals surface area contributed by atoms with Crippen molar-refractivity contribution in [3.05, 3.63) is 60.2 Å². The molecule has 0 aromatic heterocycles. The quantitative estimate of drug-likeness (QED) is 0.663. The molecule has 7 heteroatoms. The Bertz CT molecular complexity index is 846. The van der Waals surface area contributed by atoms with Crippen LogP contribution in [0.25, 0.3) is 0 Å². The number of carboxylic acid groups (broad SMARTS) is 1. The number of anilines is 1. The van der Waals surface area contributed by atoms with Crippen LogP contribution in [0.4, 0.5) is 5.69 Å². The van der Waals surface area contributed by atoms with Gasteiger partial charge in [-0.05, 0) is 49.2 Å². The van der Waals surface area contributed by atoms with Crippen LogP contribution in [0.3, 0.4) is 0 Å². The number of rotatable bonds is 7. The normalized spacial score (nSPS) is 15.0. The number of thioether (sulfide) groups is 1. The lowest BCUT2D eigenvalue weighted by molar-refractivity contribution is -0.135. The van der Waals surface area contributed by atoms with Crippen LogP contribution < -0.4 is 10.6 Å². The Kier molecular flexibility index (Phi) is 6.36. The maximum absolute atomic E-state index is 13.1. The van der Waals surface area contributed by atoms with Gasteiger partial charge in [-0.2, -0.15) is 0 Å². The molecule has 1 aliphatic carbocycles. The Balaban J connectivity index is 1.67. The maximum Gasteiger partial charge on any atom is 0.322 e. The molecule has 0 bridgehead atoms. The summed E-state index contributed by atoms with van der Waals surface area (Å²) in [5, 5.41) is 13.9. The van der Waals surface area contributed by atoms with Gasteiger partial charge in [0.1, 0.15) is 6.54 Å². The average Bonchev–Trinajstić information content (AvgIpc) is 3.17. The molecule has 0 spiro atoms. The molecule has 0 heterocycles. The summed E-state index contributed by atoms with van der Waals surface area (Å²) in [6.07, 6.45) is 3.70. The van der Waals surface area contributed by atoms with Gasteiger partial charge in [-0.15, -0.1) is 11.8 Å². The van der Waals surface area contributed by atoms with Crippen LogP contribution in [-0.4, -0.2) is 34.2 Å². The van der Waals surface area contributed by atoms with Gasteiger partial charge in [0.15, 0.2) is 0 Å². The minimum Gasteiger partial charge on any atom is -0.480 e. The molecule has 28 heavy (non-hydrogen) atoms. The molecule has 2 aromatic rings. The molecule has 3 N–H and O–H groups in total. The summed E-state index contributed by atoms with van der Waals surface area (Å²) in [5.74, 6) is -1.59. The van der Waals surface area contributed by atoms with Crippen LogP contribution in [-0.2, 0) is 9.59 Å². The second-order valence-corrected chi connectivity index (χ2v) is 8.18. The zero-order valence-corrected chi connectivity index (χ0v) is 16.1. The van der Waals surface area contributed by atoms with E-state index < -0.39 is 23.2 Å². The molecule has 2 amide bonds. The van der Waals surface area contributed by atoms with Gasteiger partial charge < -0.3 is 15.7 Å². The van der Waals surface area contributed by atoms with Crippen molar-refractivity contribution in [2.24, 2.45) is 0 Å². The summed E-state index contributed by atoms with van der Waals surface area (Å²) in [6, 6.07) is 16.4. The topological polar surface area (TPSA) is 95.5 Å². The number of carbonyl (C=O) groups excluding carboxylic acids is 2. The number of aliphatic carboxylic acids is 1. The van der Waals surface area contributed by atoms with Crippen molar-refractivity contribution in [2.75, 3.05) is 11.9 Å². The molecule has 1 aliphatic rings. The fraction of sp³-hybridized carbons (Fsp3) is 0.286. The number of hydrogen-bond donors (Lipinski definition) is 3. The largest absolute Gasteiger partial charge is 0.480 e. The molecule has 0 atom stereocenters. The summed E-state index contributed by atoms with van der Waals surface area (Å²) < 4.78 is -0.487. The zero-order valence-electron chi connectivity index (χ0n) is 15.3. The Morgan fingerprint density at radius 2 is 1.61 bits per heavy atom. The van der Waals surface area contributed by atoms with Gasteiger partial charge in [-0.25, -0.2) is 0 Å². The van der Waals surface area contributed by atoms with E-state index in [2.05, 4.69) is 10.6 Å². The van der Waals surface area contributed by atoms with E-state index in [1.807, 2.05) is 30.3 Å². The summed E-state index contributed by atoms with van der Waals surface area (Å²) in [7, 11) is 0. The Morgan fingerprint density at radius 3 is 2.21 bits per heavy atom. The fourth-order valence-corrected chi connectivity index (χ4v) is 4.62. The molecule has 1 saturated carbocycles. The van der Waals surface area contributed by atoms with Crippen LogP contribution in [0.5, 0.6) is 0 Å². The molecule has 2 aromatic carbocycles. The first kappa shape index (κ1) is 19.9. The third-order valence-corrected chi connectivity index (χ3v) is 6.18. The second kappa shape index (κ2) is 8.93. The summed E-state index contributed by atoms with van der Waals surface area (Å²) >= 11 is 1.61. The first-order valence-corrected chi connectivity index (χ1v) is 9.96. The van der Waals surface area contributed by atoms with Crippen LogP contribution >= 0.6 is 11.8 Å². The van der Waals surface area contributed by atoms with E-state index in [1.165, 1.54) is 0 Å². The summed E-state index contributed by atoms with van der Waals surface area (Å²) in [5.41, 5.74) is 0.952. The predicted octanol–water partition coefficient (Wildman–Crippen LogP) is 3.54. The van der Waals surface area contributed by atoms with Gasteiger partial charge in [-0.3, -0.25) is 14.4 Å². The van der Waals surface area contributed by atoms with Gasteiger partial charge >= 0.3 is 5.97 Å². The number of carbonyl (C=O) groups is 3. The van der Waals surface area contributed by atoms with E-state index in [0.29, 0.717) is 11.3 Å². The van der Waals surface area contributed by atoms with Crippen LogP contribution in [0.15, 0.2) is 59.5 Å². The van der Waals surface area contributed by atoms with E-state index in [-0.39, 0.29) is 5.91 Å². The summed E-state index contributed by atoms with van der Waals surface area (Å²) in [6.45, 7) is -0.434. The van der Waals surface area contributed by atoms with Crippen molar-refractivity contribution in [3.63, 3.8) is 0 Å². The van der Waals surface area contributed by atoms with Gasteiger partial charge in [-0.1, -0.05) is 31.0 Å². The van der Waals surface area contributed by atoms with Gasteiger partial charge in [0.05, 0.1) is 4.75 Å². The molecule has 0 aliphatic heterocycles. The predicted molar refractivity (Wildman–Crippen MR) is 109 cm³/mol. The third-order valence-electron chi connectivity index (χ3n) is 4.69. The number of carboxylic acids is 1. The van der Waals surface area contributed by atoms with E-state index in [0.717, 1.165) is 30.6 Å². The first-order chi connectivity index (χ1) is 13.5. The monoisotopic (exact) mass is 398 g/mol. The highest BCUT2D eigenvalue weighted by Crippen LogP contribution is 2.46. The van der Waals surface area contributed by atoms with Crippen molar-refractivity contribution in [1.82, 2.24) is 5.32 Å². The van der Waals surface area contributed by atoms with Gasteiger partial charge in [0.25, 0.3) is 5.91 Å². The molecular formula is C21H22N2O4S. The lowest BCUT2D eigenvalue weighted by atomic mass is 10.1. The number of hydrogen-bond acceptors (Lipinski definition) is 4. The van der Waals surface area contributed by atoms with Crippen molar-refractivity contribution in [3.8, 4) is 0 Å². The van der Waals surface area contributed by atoms with Crippen molar-refractivity contribution >= 4 is 35.2 Å². The number of nitrogens with one attached hydrogen (secondary N) is 2. The Labute approximate surface area is 167 Å². The highest BCUT2D eigenvalue weighted by Gasteiger charge is 2.42. The van der Waals surface area contributed by atoms with E-state index in [4.69, 9.17) is 5.11 Å². The standard InChI is InChI=1S/C21H22N2O4S/c24-18(25)14-22-19(26)15-8-10-16(11-9-15)23-20(27)21(12-4-5-13-21)28-17-6-2-1-3-7-17/h1-3,6-11H,4-5,12-14H2,(H,22,26)(H,23,27)(H,24,25). The Morgan fingerprint density at radius 1 is 0.964 bits per heavy atom. The van der Waals surface area contributed by atoms with Crippen LogP contribution in [0.1, 0.15) is 36.0 Å². The maximum atomic E-state index is 13.1. The van der Waals surface area contributed by atoms with Crippen LogP contribution in [0.2, 0.25) is 0 Å². The second-order valence-electron chi connectivity index (χ2n) is 6.72. The van der Waals surface area contributed by atoms with E-state index in [1.54, 1.807) is 36.0 Å². The fourth-order valence-electron chi connectivity index (χ4n) is 3.24. The lowest BCUT2D eigenvalue weighted by Gasteiger charge is -2.27. The van der Waals surface area contributed by atoms with Crippen LogP contribution in [0, 0.1) is 0 Å². The number of amides is 2. The average molecular weight is 398 g/mol. The SMILES string of the molecule is O=C(O)CNC(=O)c1ccc(NC(=O)C2(Sc3ccccc3)CCCC2)cc1. The lowest BCUT2D eigenvalue weighted by Crippen LogP contribution is -2.37. The first-order valence-electron chi connectivity index (χ1n) is 9.14. The molecule has 146 valence electrons. The highest BCUT2D eigenvalue weighted by molar-refractivity contribution is 8.01. The molecule has 3 rings (SSSR count). The van der Waals surface area contributed by atoms with E-state index >= 15 is 0 Å². The minimum atomic E-state index is -1.10. The van der Waals surface area contributed by atoms with Gasteiger partial charge in [0.2, 0.25) is 5.91 Å². The molecule has 6 nitrogen and oxygen atoms in total. The van der Waals surface area contributed by atoms with Crippen molar-refractivity contribution < 1.29 is 19.5 Å². The van der Waals surface area contributed by atoms with Gasteiger partial charge in [0, 0.05) is 16.1 Å². The third kappa shape index (κ3) is 4.92. The molecule has 0 saturated heterocycles. The smallest absolute Gasteiger partial charge is 0.322 e. The number of benzene rings is 2. The summed E-state index contributed by atoms with van der Waals surface area (Å²) in [4.78, 5) is 36.5. The van der Waals surface area contributed by atoms with E-state index in [9.17, 15) is 14.4 Å². The molecular weight excluding hydrogens is 376 g/mol. The molecule has 0 radical (unpaired) electrons. The Hall–Kier alpha value is -2.80. The minimum absolute atomic E-state index is 0.0260.